The van der Waals surface area contributed by atoms with Crippen LogP contribution in [0.4, 0.5) is 17.1 Å². The number of aromatic nitrogens is 3. The summed E-state index contributed by atoms with van der Waals surface area (Å²) in [7, 11) is 0. The fourth-order valence-corrected chi connectivity index (χ4v) is 9.56. The molecule has 4 heteroatoms. The Bertz CT molecular complexity index is 3450. The molecule has 0 atom stereocenters. The Balaban J connectivity index is 0.900. The van der Waals surface area contributed by atoms with Gasteiger partial charge in [0.15, 0.2) is 5.82 Å². The molecule has 0 aliphatic carbocycles. The third kappa shape index (κ3) is 7.42. The lowest BCUT2D eigenvalue weighted by Crippen LogP contribution is -2.09. The lowest BCUT2D eigenvalue weighted by atomic mass is 9.92. The lowest BCUT2D eigenvalue weighted by molar-refractivity contribution is 1.17. The highest BCUT2D eigenvalue weighted by Crippen LogP contribution is 2.41. The van der Waals surface area contributed by atoms with Crippen molar-refractivity contribution in [2.75, 3.05) is 4.90 Å². The van der Waals surface area contributed by atoms with Crippen LogP contribution in [-0.4, -0.2) is 14.5 Å². The summed E-state index contributed by atoms with van der Waals surface area (Å²) >= 11 is 0. The maximum Gasteiger partial charge on any atom is 0.160 e. The van der Waals surface area contributed by atoms with E-state index in [1.165, 1.54) is 60.8 Å². The van der Waals surface area contributed by atoms with Crippen molar-refractivity contribution in [1.82, 2.24) is 14.5 Å². The number of benzene rings is 9. The van der Waals surface area contributed by atoms with E-state index in [2.05, 4.69) is 256 Å². The Kier molecular flexibility index (Phi) is 10.4. The highest BCUT2D eigenvalue weighted by atomic mass is 15.1. The SMILES string of the molecule is Cc1cc(-c2cc(-c3ccccc3C)nc(-c3ccccc3C)n2)c(C)cc1-c1ccc(-c2ccc(-n3c4ccccc4c4cc(N(c5ccccc5)c5ccccc5)ccc43)cc2)cc1. The summed E-state index contributed by atoms with van der Waals surface area (Å²) in [6.45, 7) is 8.66. The Labute approximate surface area is 386 Å². The Hall–Kier alpha value is -8.34. The molecule has 0 spiro atoms. The van der Waals surface area contributed by atoms with Crippen molar-refractivity contribution in [2.45, 2.75) is 27.7 Å². The molecule has 4 nitrogen and oxygen atoms in total. The molecule has 0 radical (unpaired) electrons. The highest BCUT2D eigenvalue weighted by molar-refractivity contribution is 6.10. The molecule has 0 N–H and O–H groups in total. The molecular formula is C62H48N4. The molecule has 0 bridgehead atoms. The summed E-state index contributed by atoms with van der Waals surface area (Å²) in [5.41, 5.74) is 21.5. The standard InChI is InChI=1S/C62H48N4/c1-41-17-11-13-23-52(41)58-40-59(64-62(63-58)53-24-14-12-18-42(53)2)56-38-43(3)55(37-44(56)4)47-29-27-45(28-30-47)46-31-33-50(34-32-46)66-60-26-16-15-25-54(60)57-39-51(35-36-61(57)66)65(48-19-7-5-8-20-48)49-21-9-6-10-22-49/h5-40H,1-4H3. The molecule has 0 fully saturated rings. The molecule has 9 aromatic carbocycles. The largest absolute Gasteiger partial charge is 0.310 e. The van der Waals surface area contributed by atoms with E-state index in [0.717, 1.165) is 62.2 Å². The minimum absolute atomic E-state index is 0.743. The van der Waals surface area contributed by atoms with E-state index in [0.29, 0.717) is 0 Å². The van der Waals surface area contributed by atoms with E-state index in [1.54, 1.807) is 0 Å². The zero-order chi connectivity index (χ0) is 44.7. The summed E-state index contributed by atoms with van der Waals surface area (Å²) in [6.07, 6.45) is 0. The Morgan fingerprint density at radius 3 is 1.48 bits per heavy atom. The van der Waals surface area contributed by atoms with Crippen LogP contribution in [0.15, 0.2) is 218 Å². The van der Waals surface area contributed by atoms with Crippen LogP contribution in [0.2, 0.25) is 0 Å². The molecule has 0 saturated heterocycles. The van der Waals surface area contributed by atoms with Gasteiger partial charge in [-0.2, -0.15) is 0 Å². The molecule has 0 unspecified atom stereocenters. The first-order valence-electron chi connectivity index (χ1n) is 22.7. The number of fused-ring (bicyclic) bond motifs is 3. The molecular weight excluding hydrogens is 801 g/mol. The molecule has 11 rings (SSSR count). The van der Waals surface area contributed by atoms with Crippen molar-refractivity contribution in [3.8, 4) is 61.8 Å². The average Bonchev–Trinajstić information content (AvgIpc) is 3.69. The van der Waals surface area contributed by atoms with Crippen LogP contribution >= 0.6 is 0 Å². The molecule has 0 aliphatic rings. The number of hydrogen-bond acceptors (Lipinski definition) is 3. The van der Waals surface area contributed by atoms with Crippen molar-refractivity contribution >= 4 is 38.9 Å². The second-order valence-electron chi connectivity index (χ2n) is 17.3. The van der Waals surface area contributed by atoms with Crippen LogP contribution in [0.1, 0.15) is 22.3 Å². The van der Waals surface area contributed by atoms with E-state index in [9.17, 15) is 0 Å². The van der Waals surface area contributed by atoms with Gasteiger partial charge in [0.25, 0.3) is 0 Å². The van der Waals surface area contributed by atoms with E-state index in [1.807, 2.05) is 0 Å². The second-order valence-corrected chi connectivity index (χ2v) is 17.3. The van der Waals surface area contributed by atoms with Gasteiger partial charge in [-0.25, -0.2) is 9.97 Å². The van der Waals surface area contributed by atoms with Gasteiger partial charge in [-0.05, 0) is 145 Å². The number of aryl methyl sites for hydroxylation is 4. The molecule has 0 saturated carbocycles. The van der Waals surface area contributed by atoms with Gasteiger partial charge in [0, 0.05) is 50.2 Å². The van der Waals surface area contributed by atoms with Crippen LogP contribution in [0, 0.1) is 27.7 Å². The number of hydrogen-bond donors (Lipinski definition) is 0. The van der Waals surface area contributed by atoms with E-state index in [-0.39, 0.29) is 0 Å². The first-order chi connectivity index (χ1) is 32.4. The highest BCUT2D eigenvalue weighted by Gasteiger charge is 2.19. The fourth-order valence-electron chi connectivity index (χ4n) is 9.56. The first kappa shape index (κ1) is 40.4. The maximum absolute atomic E-state index is 5.21. The molecule has 0 aliphatic heterocycles. The van der Waals surface area contributed by atoms with Gasteiger partial charge in [-0.3, -0.25) is 0 Å². The third-order valence-electron chi connectivity index (χ3n) is 13.0. The second kappa shape index (κ2) is 17.0. The van der Waals surface area contributed by atoms with Crippen LogP contribution in [-0.2, 0) is 0 Å². The van der Waals surface area contributed by atoms with Gasteiger partial charge >= 0.3 is 0 Å². The number of rotatable bonds is 9. The van der Waals surface area contributed by atoms with Gasteiger partial charge in [0.1, 0.15) is 0 Å². The van der Waals surface area contributed by atoms with Crippen molar-refractivity contribution in [2.24, 2.45) is 0 Å². The zero-order valence-corrected chi connectivity index (χ0v) is 37.6. The summed E-state index contributed by atoms with van der Waals surface area (Å²) in [5, 5.41) is 2.44. The van der Waals surface area contributed by atoms with E-state index >= 15 is 0 Å². The molecule has 11 aromatic rings. The van der Waals surface area contributed by atoms with Crippen molar-refractivity contribution < 1.29 is 0 Å². The van der Waals surface area contributed by atoms with Gasteiger partial charge in [-0.1, -0.05) is 146 Å². The minimum atomic E-state index is 0.743. The number of anilines is 3. The fraction of sp³-hybridized carbons (Fsp3) is 0.0645. The predicted octanol–water partition coefficient (Wildman–Crippen LogP) is 16.6. The quantitative estimate of drug-likeness (QED) is 0.145. The predicted molar refractivity (Wildman–Crippen MR) is 277 cm³/mol. The minimum Gasteiger partial charge on any atom is -0.310 e. The summed E-state index contributed by atoms with van der Waals surface area (Å²) in [6, 6.07) is 78.3. The normalized spacial score (nSPS) is 11.3. The molecule has 66 heavy (non-hydrogen) atoms. The number of nitrogens with zero attached hydrogens (tertiary/aromatic N) is 4. The maximum atomic E-state index is 5.21. The first-order valence-corrected chi connectivity index (χ1v) is 22.7. The van der Waals surface area contributed by atoms with E-state index in [4.69, 9.17) is 9.97 Å². The van der Waals surface area contributed by atoms with Crippen LogP contribution in [0.5, 0.6) is 0 Å². The zero-order valence-electron chi connectivity index (χ0n) is 37.6. The van der Waals surface area contributed by atoms with Crippen molar-refractivity contribution in [3.05, 3.63) is 241 Å². The molecule has 0 amide bonds. The smallest absolute Gasteiger partial charge is 0.160 e. The van der Waals surface area contributed by atoms with Crippen LogP contribution in [0.3, 0.4) is 0 Å². The van der Waals surface area contributed by atoms with Gasteiger partial charge in [-0.15, -0.1) is 0 Å². The molecule has 2 aromatic heterocycles. The average molecular weight is 849 g/mol. The van der Waals surface area contributed by atoms with Gasteiger partial charge < -0.3 is 9.47 Å². The van der Waals surface area contributed by atoms with Gasteiger partial charge in [0.2, 0.25) is 0 Å². The molecule has 2 heterocycles. The van der Waals surface area contributed by atoms with Crippen molar-refractivity contribution in [1.29, 1.82) is 0 Å². The monoisotopic (exact) mass is 848 g/mol. The lowest BCUT2D eigenvalue weighted by Gasteiger charge is -2.25. The molecule has 316 valence electrons. The van der Waals surface area contributed by atoms with E-state index < -0.39 is 0 Å². The summed E-state index contributed by atoms with van der Waals surface area (Å²) in [5.74, 6) is 0.743. The van der Waals surface area contributed by atoms with Crippen LogP contribution in [0.25, 0.3) is 83.6 Å². The topological polar surface area (TPSA) is 34.0 Å². The van der Waals surface area contributed by atoms with Crippen LogP contribution < -0.4 is 4.90 Å². The summed E-state index contributed by atoms with van der Waals surface area (Å²) in [4.78, 5) is 12.7. The van der Waals surface area contributed by atoms with Crippen molar-refractivity contribution in [3.63, 3.8) is 0 Å². The Morgan fingerprint density at radius 1 is 0.333 bits per heavy atom. The Morgan fingerprint density at radius 2 is 0.833 bits per heavy atom. The summed E-state index contributed by atoms with van der Waals surface area (Å²) < 4.78 is 2.39. The van der Waals surface area contributed by atoms with Gasteiger partial charge in [0.05, 0.1) is 22.4 Å². The third-order valence-corrected chi connectivity index (χ3v) is 13.0. The number of para-hydroxylation sites is 3.